The quantitative estimate of drug-likeness (QED) is 0.333. The van der Waals surface area contributed by atoms with Crippen molar-refractivity contribution in [1.29, 1.82) is 0 Å². The van der Waals surface area contributed by atoms with Crippen molar-refractivity contribution in [1.82, 2.24) is 9.48 Å². The zero-order chi connectivity index (χ0) is 14.3. The molecule has 1 aromatic rings. The van der Waals surface area contributed by atoms with Crippen molar-refractivity contribution in [2.45, 2.75) is 13.1 Å². The molecule has 0 aromatic heterocycles. The van der Waals surface area contributed by atoms with Gasteiger partial charge in [-0.15, -0.1) is 31.5 Å². The Labute approximate surface area is 150 Å². The van der Waals surface area contributed by atoms with Crippen LogP contribution in [-0.2, 0) is 13.1 Å². The Kier molecular flexibility index (Phi) is 5.42. The van der Waals surface area contributed by atoms with Gasteiger partial charge in [-0.25, -0.2) is 4.67 Å². The van der Waals surface area contributed by atoms with Crippen LogP contribution in [0.5, 0.6) is 11.5 Å². The van der Waals surface area contributed by atoms with Crippen molar-refractivity contribution in [2.24, 2.45) is 0 Å². The molecule has 0 fully saturated rings. The van der Waals surface area contributed by atoms with Crippen molar-refractivity contribution in [2.75, 3.05) is 13.5 Å². The van der Waals surface area contributed by atoms with Crippen LogP contribution < -0.4 is 9.47 Å². The van der Waals surface area contributed by atoms with Gasteiger partial charge in [-0.05, 0) is 33.7 Å². The maximum absolute atomic E-state index is 6.03. The van der Waals surface area contributed by atoms with Crippen molar-refractivity contribution in [3.63, 3.8) is 0 Å². The largest absolute Gasteiger partial charge is 0.478 e. The van der Waals surface area contributed by atoms with E-state index in [0.717, 1.165) is 24.6 Å². The van der Waals surface area contributed by atoms with E-state index in [9.17, 15) is 0 Å². The van der Waals surface area contributed by atoms with E-state index in [1.165, 1.54) is 11.1 Å². The second-order valence-electron chi connectivity index (χ2n) is 4.81. The first-order valence-corrected chi connectivity index (χ1v) is 12.7. The lowest BCUT2D eigenvalue weighted by molar-refractivity contribution is 0.149. The van der Waals surface area contributed by atoms with Crippen LogP contribution in [0, 0.1) is 0 Å². The number of nitrogens with zero attached hydrogens (tertiary/aromatic N) is 2. The lowest BCUT2D eigenvalue weighted by Gasteiger charge is -2.36. The zero-order valence-corrected chi connectivity index (χ0v) is 17.4. The van der Waals surface area contributed by atoms with E-state index in [1.54, 1.807) is 0 Å². The van der Waals surface area contributed by atoms with Crippen LogP contribution in [0.15, 0.2) is 12.1 Å². The smallest absolute Gasteiger partial charge is 0.322 e. The van der Waals surface area contributed by atoms with Crippen LogP contribution in [-0.4, -0.2) is 34.9 Å². The summed E-state index contributed by atoms with van der Waals surface area (Å²) in [4.78, 5) is 2.28. The van der Waals surface area contributed by atoms with Crippen molar-refractivity contribution in [3.8, 4) is 11.5 Å². The van der Waals surface area contributed by atoms with E-state index in [2.05, 4.69) is 82.7 Å². The predicted molar refractivity (Wildman–Crippen MR) is 107 cm³/mol. The Morgan fingerprint density at radius 3 is 2.80 bits per heavy atom. The maximum Gasteiger partial charge on any atom is 0.322 e. The highest BCUT2D eigenvalue weighted by molar-refractivity contribution is 14.2. The molecule has 2 heterocycles. The van der Waals surface area contributed by atoms with Crippen molar-refractivity contribution in [3.05, 3.63) is 23.3 Å². The fourth-order valence-corrected chi connectivity index (χ4v) is 4.30. The van der Waals surface area contributed by atoms with Crippen LogP contribution in [0.2, 0.25) is 0 Å². The highest BCUT2D eigenvalue weighted by Gasteiger charge is 2.29. The Morgan fingerprint density at radius 1 is 1.30 bits per heavy atom. The number of rotatable bonds is 2. The summed E-state index contributed by atoms with van der Waals surface area (Å²) in [5.41, 5.74) is 2.31. The fourth-order valence-electron chi connectivity index (χ4n) is 2.37. The number of hydrogen-bond acceptors (Lipinski definition) is 4. The Balaban J connectivity index is 1.90. The van der Waals surface area contributed by atoms with E-state index in [-0.39, 0.29) is 5.59 Å². The first-order chi connectivity index (χ1) is 9.56. The molecule has 0 N–H and O–H groups in total. The highest BCUT2D eigenvalue weighted by atomic mass is 127. The topological polar surface area (TPSA) is 24.9 Å². The second-order valence-corrected chi connectivity index (χ2v) is 13.7. The number of halogens is 2. The van der Waals surface area contributed by atoms with Crippen LogP contribution >= 0.6 is 59.1 Å². The summed E-state index contributed by atoms with van der Waals surface area (Å²) < 4.78 is 14.7. The normalized spacial score (nSPS) is 20.4. The summed E-state index contributed by atoms with van der Waals surface area (Å²) in [6.45, 7) is 3.19. The Hall–Kier alpha value is 1.19. The minimum atomic E-state index is -0.168. The molecule has 4 nitrogen and oxygen atoms in total. The molecule has 2 atom stereocenters. The molecule has 0 bridgehead atoms. The zero-order valence-electron chi connectivity index (χ0n) is 11.1. The van der Waals surface area contributed by atoms with Gasteiger partial charge in [0.1, 0.15) is 25.0 Å². The fraction of sp³-hybridized carbons (Fsp3) is 0.400. The third kappa shape index (κ3) is 3.25. The number of ether oxygens (including phenoxy) is 2. The van der Waals surface area contributed by atoms with Crippen LogP contribution in [0.25, 0.3) is 0 Å². The molecule has 106 valence electrons. The summed E-state index contributed by atoms with van der Waals surface area (Å²) in [6, 6.07) is 4.23. The molecular formula is C10H14B2I2N2O2P2. The maximum atomic E-state index is 6.03. The van der Waals surface area contributed by atoms with Crippen LogP contribution in [0.3, 0.4) is 0 Å². The third-order valence-electron chi connectivity index (χ3n) is 3.50. The van der Waals surface area contributed by atoms with Gasteiger partial charge in [0.2, 0.25) is 0 Å². The van der Waals surface area contributed by atoms with Gasteiger partial charge >= 0.3 is 4.42 Å². The monoisotopic (exact) mass is 532 g/mol. The minimum Gasteiger partial charge on any atom is -0.478 e. The third-order valence-corrected chi connectivity index (χ3v) is 7.57. The molecule has 0 aliphatic carbocycles. The summed E-state index contributed by atoms with van der Waals surface area (Å²) >= 11 is 4.88. The van der Waals surface area contributed by atoms with Crippen molar-refractivity contribution >= 4 is 71.1 Å². The molecule has 20 heavy (non-hydrogen) atoms. The molecule has 1 aromatic carbocycles. The predicted octanol–water partition coefficient (Wildman–Crippen LogP) is 2.58. The van der Waals surface area contributed by atoms with Gasteiger partial charge in [0.15, 0.2) is 7.57 Å². The average molecular weight is 532 g/mol. The van der Waals surface area contributed by atoms with Crippen molar-refractivity contribution < 1.29 is 9.47 Å². The number of hydrogen-bond donors (Lipinski definition) is 0. The summed E-state index contributed by atoms with van der Waals surface area (Å²) in [5.74, 6) is 2.03. The van der Waals surface area contributed by atoms with E-state index >= 15 is 0 Å². The lowest BCUT2D eigenvalue weighted by Crippen LogP contribution is -2.38. The molecule has 2 unspecified atom stereocenters. The SMILES string of the molecule is BP(I)N1COc2ccc3c(c2C1)OCN(B(P)I)C3. The molecule has 0 saturated carbocycles. The van der Waals surface area contributed by atoms with Gasteiger partial charge in [0.05, 0.1) is 5.56 Å². The van der Waals surface area contributed by atoms with Gasteiger partial charge in [0.25, 0.3) is 0 Å². The standard InChI is InChI=1S/C10H14B2I2N2O2P2/c11-20(14)16-4-8-9(17-6-16)2-1-7-3-15(12(13)19)5-18-10(7)8/h1-2H,3-6,11,19H2. The van der Waals surface area contributed by atoms with E-state index in [0.29, 0.717) is 17.9 Å². The molecule has 3 rings (SSSR count). The molecule has 0 amide bonds. The van der Waals surface area contributed by atoms with Gasteiger partial charge in [-0.2, -0.15) is 0 Å². The lowest BCUT2D eigenvalue weighted by atomic mass is 10.0. The summed E-state index contributed by atoms with van der Waals surface area (Å²) in [7, 11) is 5.06. The van der Waals surface area contributed by atoms with Crippen LogP contribution in [0.1, 0.15) is 11.1 Å². The van der Waals surface area contributed by atoms with E-state index in [4.69, 9.17) is 9.47 Å². The number of benzene rings is 1. The first kappa shape index (κ1) is 16.1. The molecule has 2 aliphatic rings. The van der Waals surface area contributed by atoms with Gasteiger partial charge in [0, 0.05) is 18.7 Å². The molecule has 0 radical (unpaired) electrons. The minimum absolute atomic E-state index is 0.168. The first-order valence-electron chi connectivity index (χ1n) is 6.24. The number of fused-ring (bicyclic) bond motifs is 3. The summed E-state index contributed by atoms with van der Waals surface area (Å²) in [6.07, 6.45) is 0. The molecule has 2 aliphatic heterocycles. The molecule has 10 heteroatoms. The Morgan fingerprint density at radius 2 is 2.10 bits per heavy atom. The van der Waals surface area contributed by atoms with Gasteiger partial charge in [-0.1, -0.05) is 6.07 Å². The summed E-state index contributed by atoms with van der Waals surface area (Å²) in [5, 5.41) is 0. The molecule has 0 spiro atoms. The van der Waals surface area contributed by atoms with E-state index in [1.807, 2.05) is 0 Å². The molecular weight excluding hydrogens is 518 g/mol. The van der Waals surface area contributed by atoms with Gasteiger partial charge < -0.3 is 9.47 Å². The highest BCUT2D eigenvalue weighted by Crippen LogP contribution is 2.49. The van der Waals surface area contributed by atoms with Gasteiger partial charge in [-0.3, -0.25) is 4.81 Å². The Bertz CT molecular complexity index is 524. The molecule has 0 saturated heterocycles. The average Bonchev–Trinajstić information content (AvgIpc) is 2.45. The van der Waals surface area contributed by atoms with Crippen LogP contribution in [0.4, 0.5) is 0 Å². The van der Waals surface area contributed by atoms with E-state index < -0.39 is 0 Å². The second kappa shape index (κ2) is 6.75.